The third-order valence-corrected chi connectivity index (χ3v) is 3.13. The molecule has 0 aromatic heterocycles. The largest absolute Gasteiger partial charge is 0.507 e. The summed E-state index contributed by atoms with van der Waals surface area (Å²) in [6.45, 7) is 4.32. The lowest BCUT2D eigenvalue weighted by Crippen LogP contribution is -1.96. The van der Waals surface area contributed by atoms with Crippen LogP contribution >= 0.6 is 0 Å². The van der Waals surface area contributed by atoms with Gasteiger partial charge in [0, 0.05) is 5.56 Å². The average molecular weight is 270 g/mol. The van der Waals surface area contributed by atoms with Gasteiger partial charge in [0.2, 0.25) is 0 Å². The van der Waals surface area contributed by atoms with Crippen LogP contribution in [0, 0.1) is 5.92 Å². The molecule has 2 aromatic rings. The first-order valence-corrected chi connectivity index (χ1v) is 6.63. The van der Waals surface area contributed by atoms with Crippen LogP contribution in [0.5, 0.6) is 5.75 Å². The SMILES string of the molecule is CC(C)Cc1cccc(-c2ccc(C(=O)O)cc2O)c1. The minimum absolute atomic E-state index is 0.00778. The monoisotopic (exact) mass is 270 g/mol. The van der Waals surface area contributed by atoms with Crippen molar-refractivity contribution in [3.05, 3.63) is 53.6 Å². The van der Waals surface area contributed by atoms with Gasteiger partial charge in [0.15, 0.2) is 0 Å². The maximum atomic E-state index is 10.9. The second-order valence-corrected chi connectivity index (χ2v) is 5.34. The molecule has 0 unspecified atom stereocenters. The number of benzene rings is 2. The third-order valence-electron chi connectivity index (χ3n) is 3.13. The van der Waals surface area contributed by atoms with Crippen LogP contribution in [0.2, 0.25) is 0 Å². The predicted octanol–water partition coefficient (Wildman–Crippen LogP) is 3.96. The molecular formula is C17H18O3. The van der Waals surface area contributed by atoms with E-state index in [1.165, 1.54) is 17.7 Å². The first-order chi connectivity index (χ1) is 9.47. The minimum atomic E-state index is -1.04. The topological polar surface area (TPSA) is 57.5 Å². The van der Waals surface area contributed by atoms with Crippen LogP contribution in [0.25, 0.3) is 11.1 Å². The lowest BCUT2D eigenvalue weighted by Gasteiger charge is -2.09. The van der Waals surface area contributed by atoms with E-state index in [9.17, 15) is 9.90 Å². The van der Waals surface area contributed by atoms with Crippen molar-refractivity contribution in [3.8, 4) is 16.9 Å². The van der Waals surface area contributed by atoms with Crippen molar-refractivity contribution in [1.82, 2.24) is 0 Å². The Bertz CT molecular complexity index is 630. The number of carboxylic acids is 1. The summed E-state index contributed by atoms with van der Waals surface area (Å²) in [6, 6.07) is 12.4. The summed E-state index contributed by atoms with van der Waals surface area (Å²) in [5.41, 5.74) is 2.85. The van der Waals surface area contributed by atoms with E-state index in [1.807, 2.05) is 18.2 Å². The number of phenolic OH excluding ortho intramolecular Hbond substituents is 1. The molecule has 0 atom stereocenters. The van der Waals surface area contributed by atoms with Gasteiger partial charge < -0.3 is 10.2 Å². The van der Waals surface area contributed by atoms with E-state index in [0.717, 1.165) is 12.0 Å². The smallest absolute Gasteiger partial charge is 0.335 e. The van der Waals surface area contributed by atoms with Crippen molar-refractivity contribution >= 4 is 5.97 Å². The predicted molar refractivity (Wildman–Crippen MR) is 79.0 cm³/mol. The van der Waals surface area contributed by atoms with Crippen molar-refractivity contribution in [3.63, 3.8) is 0 Å². The number of aromatic hydroxyl groups is 1. The Morgan fingerprint density at radius 1 is 1.15 bits per heavy atom. The molecule has 0 saturated heterocycles. The number of carbonyl (C=O) groups is 1. The Balaban J connectivity index is 2.38. The molecule has 0 saturated carbocycles. The molecular weight excluding hydrogens is 252 g/mol. The van der Waals surface area contributed by atoms with Crippen LogP contribution in [0.4, 0.5) is 0 Å². The van der Waals surface area contributed by atoms with E-state index < -0.39 is 5.97 Å². The quantitative estimate of drug-likeness (QED) is 0.884. The number of carboxylic acid groups (broad SMARTS) is 1. The first-order valence-electron chi connectivity index (χ1n) is 6.63. The van der Waals surface area contributed by atoms with Gasteiger partial charge in [0.25, 0.3) is 0 Å². The molecule has 104 valence electrons. The number of aromatic carboxylic acids is 1. The highest BCUT2D eigenvalue weighted by Gasteiger charge is 2.10. The van der Waals surface area contributed by atoms with E-state index in [-0.39, 0.29) is 11.3 Å². The zero-order valence-corrected chi connectivity index (χ0v) is 11.6. The van der Waals surface area contributed by atoms with Crippen LogP contribution in [0.15, 0.2) is 42.5 Å². The fourth-order valence-corrected chi connectivity index (χ4v) is 2.25. The molecule has 0 aliphatic heterocycles. The lowest BCUT2D eigenvalue weighted by molar-refractivity contribution is 0.0696. The van der Waals surface area contributed by atoms with Crippen molar-refractivity contribution in [1.29, 1.82) is 0 Å². The minimum Gasteiger partial charge on any atom is -0.507 e. The Kier molecular flexibility index (Phi) is 4.08. The van der Waals surface area contributed by atoms with Gasteiger partial charge in [-0.1, -0.05) is 38.1 Å². The summed E-state index contributed by atoms with van der Waals surface area (Å²) in [7, 11) is 0. The molecule has 2 rings (SSSR count). The van der Waals surface area contributed by atoms with Gasteiger partial charge in [-0.05, 0) is 41.7 Å². The highest BCUT2D eigenvalue weighted by atomic mass is 16.4. The fraction of sp³-hybridized carbons (Fsp3) is 0.235. The summed E-state index contributed by atoms with van der Waals surface area (Å²) in [5, 5.41) is 18.9. The van der Waals surface area contributed by atoms with E-state index in [1.54, 1.807) is 6.07 Å². The summed E-state index contributed by atoms with van der Waals surface area (Å²) >= 11 is 0. The molecule has 3 heteroatoms. The first kappa shape index (κ1) is 14.1. The molecule has 0 amide bonds. The van der Waals surface area contributed by atoms with Crippen molar-refractivity contribution in [2.24, 2.45) is 5.92 Å². The number of rotatable bonds is 4. The molecule has 3 nitrogen and oxygen atoms in total. The van der Waals surface area contributed by atoms with Gasteiger partial charge in [-0.3, -0.25) is 0 Å². The Morgan fingerprint density at radius 2 is 1.90 bits per heavy atom. The molecule has 0 aliphatic carbocycles. The average Bonchev–Trinajstić information content (AvgIpc) is 2.38. The zero-order chi connectivity index (χ0) is 14.7. The van der Waals surface area contributed by atoms with Gasteiger partial charge in [-0.2, -0.15) is 0 Å². The van der Waals surface area contributed by atoms with Gasteiger partial charge >= 0.3 is 5.97 Å². The van der Waals surface area contributed by atoms with Gasteiger partial charge in [-0.15, -0.1) is 0 Å². The van der Waals surface area contributed by atoms with E-state index in [0.29, 0.717) is 11.5 Å². The molecule has 0 fully saturated rings. The number of phenols is 1. The van der Waals surface area contributed by atoms with Gasteiger partial charge in [0.05, 0.1) is 5.56 Å². The molecule has 0 heterocycles. The number of hydrogen-bond acceptors (Lipinski definition) is 2. The normalized spacial score (nSPS) is 10.8. The second-order valence-electron chi connectivity index (χ2n) is 5.34. The van der Waals surface area contributed by atoms with Crippen molar-refractivity contribution < 1.29 is 15.0 Å². The molecule has 20 heavy (non-hydrogen) atoms. The van der Waals surface area contributed by atoms with E-state index in [2.05, 4.69) is 19.9 Å². The highest BCUT2D eigenvalue weighted by Crippen LogP contribution is 2.30. The zero-order valence-electron chi connectivity index (χ0n) is 11.6. The molecule has 0 radical (unpaired) electrons. The van der Waals surface area contributed by atoms with Gasteiger partial charge in [-0.25, -0.2) is 4.79 Å². The molecule has 2 N–H and O–H groups in total. The second kappa shape index (κ2) is 5.78. The molecule has 0 aliphatic rings. The lowest BCUT2D eigenvalue weighted by atomic mass is 9.97. The van der Waals surface area contributed by atoms with Gasteiger partial charge in [0.1, 0.15) is 5.75 Å². The van der Waals surface area contributed by atoms with Crippen LogP contribution in [-0.2, 0) is 6.42 Å². The Labute approximate surface area is 118 Å². The molecule has 0 bridgehead atoms. The molecule has 2 aromatic carbocycles. The van der Waals surface area contributed by atoms with Crippen LogP contribution < -0.4 is 0 Å². The van der Waals surface area contributed by atoms with E-state index in [4.69, 9.17) is 5.11 Å². The summed E-state index contributed by atoms with van der Waals surface area (Å²) < 4.78 is 0. The standard InChI is InChI=1S/C17H18O3/c1-11(2)8-12-4-3-5-13(9-12)15-7-6-14(17(19)20)10-16(15)18/h3-7,9-11,18H,8H2,1-2H3,(H,19,20). The summed E-state index contributed by atoms with van der Waals surface area (Å²) in [6.07, 6.45) is 0.974. The maximum Gasteiger partial charge on any atom is 0.335 e. The van der Waals surface area contributed by atoms with Crippen LogP contribution in [-0.4, -0.2) is 16.2 Å². The van der Waals surface area contributed by atoms with Crippen LogP contribution in [0.1, 0.15) is 29.8 Å². The maximum absolute atomic E-state index is 10.9. The number of hydrogen-bond donors (Lipinski definition) is 2. The summed E-state index contributed by atoms with van der Waals surface area (Å²) in [5.74, 6) is -0.486. The fourth-order valence-electron chi connectivity index (χ4n) is 2.25. The third kappa shape index (κ3) is 3.18. The van der Waals surface area contributed by atoms with Crippen molar-refractivity contribution in [2.45, 2.75) is 20.3 Å². The molecule has 0 spiro atoms. The van der Waals surface area contributed by atoms with Crippen molar-refractivity contribution in [2.75, 3.05) is 0 Å². The Hall–Kier alpha value is -2.29. The Morgan fingerprint density at radius 3 is 2.50 bits per heavy atom. The highest BCUT2D eigenvalue weighted by molar-refractivity contribution is 5.89. The van der Waals surface area contributed by atoms with Crippen LogP contribution in [0.3, 0.4) is 0 Å². The summed E-state index contributed by atoms with van der Waals surface area (Å²) in [4.78, 5) is 10.9. The van der Waals surface area contributed by atoms with E-state index >= 15 is 0 Å².